The maximum absolute atomic E-state index is 12.1. The fourth-order valence-electron chi connectivity index (χ4n) is 1.40. The predicted molar refractivity (Wildman–Crippen MR) is 65.5 cm³/mol. The van der Waals surface area contributed by atoms with Gasteiger partial charge in [0.1, 0.15) is 10.6 Å². The highest BCUT2D eigenvalue weighted by Crippen LogP contribution is 2.22. The van der Waals surface area contributed by atoms with E-state index in [0.717, 1.165) is 11.5 Å². The summed E-state index contributed by atoms with van der Waals surface area (Å²) >= 11 is 1.07. The zero-order valence-electron chi connectivity index (χ0n) is 9.41. The van der Waals surface area contributed by atoms with E-state index in [2.05, 4.69) is 9.59 Å². The van der Waals surface area contributed by atoms with Gasteiger partial charge in [0, 0.05) is 18.8 Å². The van der Waals surface area contributed by atoms with Gasteiger partial charge in [0.15, 0.2) is 0 Å². The Morgan fingerprint density at radius 1 is 1.47 bits per heavy atom. The van der Waals surface area contributed by atoms with Crippen LogP contribution >= 0.6 is 11.5 Å². The van der Waals surface area contributed by atoms with E-state index in [1.807, 2.05) is 0 Å². The summed E-state index contributed by atoms with van der Waals surface area (Å²) in [5, 5.41) is 13.2. The number of aromatic hydroxyl groups is 1. The van der Waals surface area contributed by atoms with Crippen LogP contribution in [0.3, 0.4) is 0 Å². The molecular weight excluding hydrogens is 238 g/mol. The van der Waals surface area contributed by atoms with Gasteiger partial charge in [-0.15, -0.1) is 5.10 Å². The lowest BCUT2D eigenvalue weighted by atomic mass is 10.2. The number of amides is 1. The minimum Gasteiger partial charge on any atom is -0.508 e. The van der Waals surface area contributed by atoms with Crippen molar-refractivity contribution in [3.63, 3.8) is 0 Å². The molecule has 0 bridgehead atoms. The molecule has 1 aromatic heterocycles. The molecule has 0 saturated heterocycles. The smallest absolute Gasteiger partial charge is 0.271 e. The largest absolute Gasteiger partial charge is 0.508 e. The van der Waals surface area contributed by atoms with Crippen molar-refractivity contribution in [2.24, 2.45) is 0 Å². The van der Waals surface area contributed by atoms with Gasteiger partial charge < -0.3 is 10.0 Å². The van der Waals surface area contributed by atoms with Crippen molar-refractivity contribution < 1.29 is 9.90 Å². The minimum absolute atomic E-state index is 0.126. The highest BCUT2D eigenvalue weighted by molar-refractivity contribution is 7.08. The van der Waals surface area contributed by atoms with Crippen molar-refractivity contribution in [3.8, 4) is 5.75 Å². The molecule has 1 heterocycles. The highest BCUT2D eigenvalue weighted by atomic mass is 32.1. The maximum Gasteiger partial charge on any atom is 0.271 e. The fraction of sp³-hybridized carbons (Fsp3) is 0.182. The van der Waals surface area contributed by atoms with Crippen molar-refractivity contribution >= 4 is 23.1 Å². The molecule has 88 valence electrons. The maximum atomic E-state index is 12.1. The molecule has 17 heavy (non-hydrogen) atoms. The van der Waals surface area contributed by atoms with Crippen molar-refractivity contribution in [2.75, 3.05) is 11.9 Å². The summed E-state index contributed by atoms with van der Waals surface area (Å²) in [5.41, 5.74) is 1.25. The summed E-state index contributed by atoms with van der Waals surface area (Å²) in [5.74, 6) is -0.0515. The van der Waals surface area contributed by atoms with Crippen LogP contribution in [-0.4, -0.2) is 27.6 Å². The number of anilines is 1. The second kappa shape index (κ2) is 4.50. The van der Waals surface area contributed by atoms with Gasteiger partial charge in [0.2, 0.25) is 0 Å². The number of phenols is 1. The molecule has 1 amide bonds. The lowest BCUT2D eigenvalue weighted by Gasteiger charge is -2.16. The Morgan fingerprint density at radius 3 is 2.82 bits per heavy atom. The lowest BCUT2D eigenvalue weighted by Crippen LogP contribution is -2.25. The summed E-state index contributed by atoms with van der Waals surface area (Å²) in [7, 11) is 1.65. The van der Waals surface area contributed by atoms with E-state index in [1.54, 1.807) is 32.2 Å². The molecule has 1 aromatic carbocycles. The summed E-state index contributed by atoms with van der Waals surface area (Å²) in [6.07, 6.45) is 0. The van der Waals surface area contributed by atoms with E-state index >= 15 is 0 Å². The van der Waals surface area contributed by atoms with Gasteiger partial charge in [0.25, 0.3) is 5.91 Å². The average Bonchev–Trinajstić information content (AvgIpc) is 2.73. The van der Waals surface area contributed by atoms with Crippen LogP contribution in [-0.2, 0) is 0 Å². The molecule has 1 N–H and O–H groups in total. The Hall–Kier alpha value is -1.95. The van der Waals surface area contributed by atoms with E-state index in [1.165, 1.54) is 11.0 Å². The lowest BCUT2D eigenvalue weighted by molar-refractivity contribution is 0.0996. The summed E-state index contributed by atoms with van der Waals surface area (Å²) in [6.45, 7) is 1.74. The van der Waals surface area contributed by atoms with Crippen molar-refractivity contribution in [2.45, 2.75) is 6.92 Å². The molecule has 2 aromatic rings. The Bertz CT molecular complexity index is 553. The quantitative estimate of drug-likeness (QED) is 0.881. The first-order valence-electron chi connectivity index (χ1n) is 4.95. The molecule has 0 spiro atoms. The zero-order valence-corrected chi connectivity index (χ0v) is 10.2. The number of carbonyl (C=O) groups excluding carboxylic acids is 1. The van der Waals surface area contributed by atoms with Gasteiger partial charge in [-0.05, 0) is 30.6 Å². The normalized spacial score (nSPS) is 10.2. The van der Waals surface area contributed by atoms with E-state index in [-0.39, 0.29) is 11.7 Å². The Balaban J connectivity index is 2.30. The molecule has 5 nitrogen and oxygen atoms in total. The summed E-state index contributed by atoms with van der Waals surface area (Å²) < 4.78 is 3.73. The Labute approximate surface area is 102 Å². The molecule has 6 heteroatoms. The first kappa shape index (κ1) is 11.5. The number of aromatic nitrogens is 2. The summed E-state index contributed by atoms with van der Waals surface area (Å²) in [4.78, 5) is 14.1. The summed E-state index contributed by atoms with van der Waals surface area (Å²) in [6, 6.07) is 6.52. The van der Waals surface area contributed by atoms with Crippen molar-refractivity contribution in [3.05, 3.63) is 34.8 Å². The monoisotopic (exact) mass is 249 g/mol. The van der Waals surface area contributed by atoms with Crippen molar-refractivity contribution in [1.82, 2.24) is 9.59 Å². The van der Waals surface area contributed by atoms with Gasteiger partial charge in [-0.3, -0.25) is 4.79 Å². The third kappa shape index (κ3) is 2.26. The number of benzene rings is 1. The standard InChI is InChI=1S/C11H11N3O2S/c1-7-10(17-13-12-7)11(16)14(2)8-4-3-5-9(15)6-8/h3-6,15H,1-2H3. The Kier molecular flexibility index (Phi) is 3.06. The molecule has 2 rings (SSSR count). The average molecular weight is 249 g/mol. The third-order valence-electron chi connectivity index (χ3n) is 2.37. The topological polar surface area (TPSA) is 66.3 Å². The van der Waals surface area contributed by atoms with Gasteiger partial charge in [0.05, 0.1) is 5.69 Å². The minimum atomic E-state index is -0.178. The second-order valence-corrected chi connectivity index (χ2v) is 4.33. The predicted octanol–water partition coefficient (Wildman–Crippen LogP) is 1.83. The van der Waals surface area contributed by atoms with Gasteiger partial charge in [-0.1, -0.05) is 10.6 Å². The van der Waals surface area contributed by atoms with Gasteiger partial charge in [-0.2, -0.15) is 0 Å². The van der Waals surface area contributed by atoms with E-state index < -0.39 is 0 Å². The van der Waals surface area contributed by atoms with Crippen molar-refractivity contribution in [1.29, 1.82) is 0 Å². The van der Waals surface area contributed by atoms with E-state index in [0.29, 0.717) is 16.3 Å². The number of hydrogen-bond donors (Lipinski definition) is 1. The molecular formula is C11H11N3O2S. The van der Waals surface area contributed by atoms with Crippen LogP contribution in [0.4, 0.5) is 5.69 Å². The van der Waals surface area contributed by atoms with Crippen LogP contribution < -0.4 is 4.90 Å². The third-order valence-corrected chi connectivity index (χ3v) is 3.18. The molecule has 0 unspecified atom stereocenters. The number of aryl methyl sites for hydroxylation is 1. The van der Waals surface area contributed by atoms with E-state index in [4.69, 9.17) is 0 Å². The fourth-order valence-corrected chi connectivity index (χ4v) is 2.03. The van der Waals surface area contributed by atoms with Gasteiger partial charge >= 0.3 is 0 Å². The first-order chi connectivity index (χ1) is 8.09. The molecule has 0 aliphatic rings. The first-order valence-corrected chi connectivity index (χ1v) is 5.73. The zero-order chi connectivity index (χ0) is 12.4. The van der Waals surface area contributed by atoms with Crippen LogP contribution in [0.25, 0.3) is 0 Å². The van der Waals surface area contributed by atoms with Crippen LogP contribution in [0.1, 0.15) is 15.4 Å². The number of nitrogens with zero attached hydrogens (tertiary/aromatic N) is 3. The molecule has 0 atom stereocenters. The molecule has 0 aliphatic heterocycles. The number of hydrogen-bond acceptors (Lipinski definition) is 5. The van der Waals surface area contributed by atoms with Gasteiger partial charge in [-0.25, -0.2) is 0 Å². The second-order valence-electron chi connectivity index (χ2n) is 3.57. The number of phenolic OH excluding ortho intramolecular Hbond substituents is 1. The highest BCUT2D eigenvalue weighted by Gasteiger charge is 2.18. The van der Waals surface area contributed by atoms with Crippen LogP contribution in [0, 0.1) is 6.92 Å². The van der Waals surface area contributed by atoms with E-state index in [9.17, 15) is 9.90 Å². The van der Waals surface area contributed by atoms with Crippen LogP contribution in [0.15, 0.2) is 24.3 Å². The number of rotatable bonds is 2. The van der Waals surface area contributed by atoms with Crippen LogP contribution in [0.2, 0.25) is 0 Å². The molecule has 0 radical (unpaired) electrons. The number of carbonyl (C=O) groups is 1. The molecule has 0 aliphatic carbocycles. The SMILES string of the molecule is Cc1nnsc1C(=O)N(C)c1cccc(O)c1. The van der Waals surface area contributed by atoms with Crippen LogP contribution in [0.5, 0.6) is 5.75 Å². The Morgan fingerprint density at radius 2 is 2.24 bits per heavy atom. The molecule has 0 saturated carbocycles. The molecule has 0 fully saturated rings.